The smallest absolute Gasteiger partial charge is 0.335 e. The maximum absolute atomic E-state index is 10.7. The van der Waals surface area contributed by atoms with Crippen LogP contribution in [0.4, 0.5) is 0 Å². The number of hydrogen-bond acceptors (Lipinski definition) is 2. The van der Waals surface area contributed by atoms with E-state index in [2.05, 4.69) is 15.9 Å². The lowest BCUT2D eigenvalue weighted by Crippen LogP contribution is -1.99. The highest BCUT2D eigenvalue weighted by molar-refractivity contribution is 9.10. The van der Waals surface area contributed by atoms with E-state index < -0.39 is 5.97 Å². The summed E-state index contributed by atoms with van der Waals surface area (Å²) in [6.07, 6.45) is 0. The van der Waals surface area contributed by atoms with Gasteiger partial charge in [0.25, 0.3) is 0 Å². The molecule has 2 aromatic carbocycles. The first kappa shape index (κ1) is 15.2. The molecule has 0 bridgehead atoms. The second-order valence-corrected chi connectivity index (χ2v) is 5.72. The van der Waals surface area contributed by atoms with Crippen LogP contribution in [-0.2, 0) is 6.61 Å². The first-order valence-electron chi connectivity index (χ1n) is 5.57. The van der Waals surface area contributed by atoms with E-state index in [0.717, 1.165) is 10.0 Å². The molecule has 2 rings (SSSR count). The number of hydrogen-bond donors (Lipinski definition) is 1. The summed E-state index contributed by atoms with van der Waals surface area (Å²) in [5.74, 6) is -0.560. The van der Waals surface area contributed by atoms with Gasteiger partial charge in [0.15, 0.2) is 5.75 Å². The topological polar surface area (TPSA) is 46.5 Å². The summed E-state index contributed by atoms with van der Waals surface area (Å²) in [6, 6.07) is 9.79. The molecule has 0 saturated heterocycles. The van der Waals surface area contributed by atoms with Gasteiger partial charge in [0.05, 0.1) is 15.6 Å². The number of halogens is 3. The first-order chi connectivity index (χ1) is 9.47. The van der Waals surface area contributed by atoms with Gasteiger partial charge in [0.2, 0.25) is 0 Å². The molecule has 104 valence electrons. The summed E-state index contributed by atoms with van der Waals surface area (Å²) < 4.78 is 6.35. The van der Waals surface area contributed by atoms with E-state index in [9.17, 15) is 4.79 Å². The van der Waals surface area contributed by atoms with E-state index in [4.69, 9.17) is 33.0 Å². The highest BCUT2D eigenvalue weighted by Gasteiger charge is 2.09. The predicted octanol–water partition coefficient (Wildman–Crippen LogP) is 5.03. The molecule has 0 heterocycles. The van der Waals surface area contributed by atoms with Gasteiger partial charge in [-0.15, -0.1) is 0 Å². The molecule has 0 atom stereocenters. The van der Waals surface area contributed by atoms with Gasteiger partial charge in [-0.25, -0.2) is 4.79 Å². The largest absolute Gasteiger partial charge is 0.486 e. The summed E-state index contributed by atoms with van der Waals surface area (Å²) >= 11 is 15.4. The second kappa shape index (κ2) is 6.48. The van der Waals surface area contributed by atoms with Gasteiger partial charge < -0.3 is 9.84 Å². The van der Waals surface area contributed by atoms with Crippen molar-refractivity contribution in [3.63, 3.8) is 0 Å². The van der Waals surface area contributed by atoms with Crippen molar-refractivity contribution in [2.24, 2.45) is 0 Å². The molecule has 0 aliphatic carbocycles. The Balaban J connectivity index is 2.11. The van der Waals surface area contributed by atoms with E-state index >= 15 is 0 Å². The molecule has 0 spiro atoms. The normalized spacial score (nSPS) is 10.3. The molecule has 0 unspecified atom stereocenters. The van der Waals surface area contributed by atoms with Crippen molar-refractivity contribution in [3.8, 4) is 5.75 Å². The van der Waals surface area contributed by atoms with Crippen molar-refractivity contribution in [3.05, 3.63) is 62.0 Å². The zero-order valence-corrected chi connectivity index (χ0v) is 13.2. The molecule has 0 aromatic heterocycles. The van der Waals surface area contributed by atoms with Crippen LogP contribution in [0.1, 0.15) is 15.9 Å². The van der Waals surface area contributed by atoms with E-state index in [1.165, 1.54) is 12.1 Å². The summed E-state index contributed by atoms with van der Waals surface area (Å²) in [5.41, 5.74) is 1.05. The fourth-order valence-electron chi connectivity index (χ4n) is 1.57. The van der Waals surface area contributed by atoms with Gasteiger partial charge in [-0.3, -0.25) is 0 Å². The Morgan fingerprint density at radius 2 is 1.70 bits per heavy atom. The first-order valence-corrected chi connectivity index (χ1v) is 7.12. The summed E-state index contributed by atoms with van der Waals surface area (Å²) in [7, 11) is 0. The number of benzene rings is 2. The molecular weight excluding hydrogens is 367 g/mol. The van der Waals surface area contributed by atoms with Crippen molar-refractivity contribution < 1.29 is 14.6 Å². The van der Waals surface area contributed by atoms with Crippen molar-refractivity contribution in [2.75, 3.05) is 0 Å². The highest BCUT2D eigenvalue weighted by atomic mass is 79.9. The lowest BCUT2D eigenvalue weighted by atomic mass is 10.1. The fourth-order valence-corrected chi connectivity index (χ4v) is 2.88. The predicted molar refractivity (Wildman–Crippen MR) is 81.9 cm³/mol. The second-order valence-electron chi connectivity index (χ2n) is 3.99. The zero-order valence-electron chi connectivity index (χ0n) is 10.1. The quantitative estimate of drug-likeness (QED) is 0.814. The van der Waals surface area contributed by atoms with Gasteiger partial charge >= 0.3 is 5.97 Å². The molecule has 3 nitrogen and oxygen atoms in total. The molecule has 0 amide bonds. The monoisotopic (exact) mass is 374 g/mol. The average Bonchev–Trinajstić information content (AvgIpc) is 2.38. The molecule has 2 aromatic rings. The molecule has 0 saturated carbocycles. The van der Waals surface area contributed by atoms with Crippen molar-refractivity contribution in [2.45, 2.75) is 6.61 Å². The van der Waals surface area contributed by atoms with Crippen LogP contribution >= 0.6 is 39.1 Å². The summed E-state index contributed by atoms with van der Waals surface area (Å²) in [4.78, 5) is 10.7. The Labute approximate surface area is 134 Å². The number of carboxylic acid groups (broad SMARTS) is 1. The minimum absolute atomic E-state index is 0.230. The lowest BCUT2D eigenvalue weighted by Gasteiger charge is -2.10. The molecule has 0 aliphatic heterocycles. The Bertz CT molecular complexity index is 618. The average molecular weight is 376 g/mol. The SMILES string of the molecule is O=C(O)c1ccc(COc2c(Cl)cc(Br)cc2Cl)cc1. The number of rotatable bonds is 4. The third-order valence-electron chi connectivity index (χ3n) is 2.55. The molecule has 0 fully saturated rings. The standard InChI is InChI=1S/C14H9BrCl2O3/c15-10-5-11(16)13(12(17)6-10)20-7-8-1-3-9(4-2-8)14(18)19/h1-6H,7H2,(H,18,19). The third-order valence-corrected chi connectivity index (χ3v) is 3.57. The molecular formula is C14H9BrCl2O3. The molecule has 0 aliphatic rings. The number of aromatic carboxylic acids is 1. The van der Waals surface area contributed by atoms with Crippen LogP contribution in [-0.4, -0.2) is 11.1 Å². The zero-order chi connectivity index (χ0) is 14.7. The van der Waals surface area contributed by atoms with Crippen LogP contribution < -0.4 is 4.74 Å². The Kier molecular flexibility index (Phi) is 4.91. The van der Waals surface area contributed by atoms with Crippen LogP contribution in [0.15, 0.2) is 40.9 Å². The van der Waals surface area contributed by atoms with Crippen LogP contribution in [0.5, 0.6) is 5.75 Å². The van der Waals surface area contributed by atoms with E-state index in [-0.39, 0.29) is 12.2 Å². The van der Waals surface area contributed by atoms with Crippen molar-refractivity contribution >= 4 is 45.1 Å². The van der Waals surface area contributed by atoms with E-state index in [1.54, 1.807) is 24.3 Å². The summed E-state index contributed by atoms with van der Waals surface area (Å²) in [5, 5.41) is 9.63. The van der Waals surface area contributed by atoms with Crippen LogP contribution in [0.3, 0.4) is 0 Å². The highest BCUT2D eigenvalue weighted by Crippen LogP contribution is 2.36. The van der Waals surface area contributed by atoms with Crippen LogP contribution in [0.25, 0.3) is 0 Å². The third kappa shape index (κ3) is 3.66. The minimum atomic E-state index is -0.962. The van der Waals surface area contributed by atoms with Crippen LogP contribution in [0.2, 0.25) is 10.0 Å². The molecule has 1 N–H and O–H groups in total. The Hall–Kier alpha value is -1.23. The number of ether oxygens (including phenoxy) is 1. The van der Waals surface area contributed by atoms with Crippen molar-refractivity contribution in [1.29, 1.82) is 0 Å². The fraction of sp³-hybridized carbons (Fsp3) is 0.0714. The van der Waals surface area contributed by atoms with Crippen molar-refractivity contribution in [1.82, 2.24) is 0 Å². The van der Waals surface area contributed by atoms with Gasteiger partial charge in [-0.05, 0) is 29.8 Å². The van der Waals surface area contributed by atoms with E-state index in [0.29, 0.717) is 15.8 Å². The van der Waals surface area contributed by atoms with E-state index in [1.807, 2.05) is 0 Å². The molecule has 0 radical (unpaired) electrons. The molecule has 20 heavy (non-hydrogen) atoms. The van der Waals surface area contributed by atoms with Gasteiger partial charge in [0, 0.05) is 4.47 Å². The maximum atomic E-state index is 10.7. The number of carbonyl (C=O) groups is 1. The maximum Gasteiger partial charge on any atom is 0.335 e. The lowest BCUT2D eigenvalue weighted by molar-refractivity contribution is 0.0697. The summed E-state index contributed by atoms with van der Waals surface area (Å²) in [6.45, 7) is 0.251. The Morgan fingerprint density at radius 1 is 1.15 bits per heavy atom. The molecule has 6 heteroatoms. The van der Waals surface area contributed by atoms with Gasteiger partial charge in [0.1, 0.15) is 6.61 Å². The van der Waals surface area contributed by atoms with Gasteiger partial charge in [-0.1, -0.05) is 51.3 Å². The van der Waals surface area contributed by atoms with Gasteiger partial charge in [-0.2, -0.15) is 0 Å². The minimum Gasteiger partial charge on any atom is -0.486 e. The Morgan fingerprint density at radius 3 is 2.20 bits per heavy atom. The van der Waals surface area contributed by atoms with Crippen LogP contribution in [0, 0.1) is 0 Å². The number of carboxylic acids is 1.